The molecule has 88 valence electrons. The number of likely N-dealkylation sites (tertiary alicyclic amines) is 1. The second-order valence-corrected chi connectivity index (χ2v) is 4.84. The maximum Gasteiger partial charge on any atom is 0.188 e. The predicted molar refractivity (Wildman–Crippen MR) is 65.0 cm³/mol. The summed E-state index contributed by atoms with van der Waals surface area (Å²) in [6.07, 6.45) is 2.32. The molecule has 0 aromatic rings. The molecule has 0 bridgehead atoms. The van der Waals surface area contributed by atoms with Crippen molar-refractivity contribution in [2.24, 2.45) is 16.6 Å². The van der Waals surface area contributed by atoms with Crippen LogP contribution in [0.3, 0.4) is 0 Å². The monoisotopic (exact) mass is 212 g/mol. The molecule has 1 heterocycles. The predicted octanol–water partition coefficient (Wildman–Crippen LogP) is 0.641. The van der Waals surface area contributed by atoms with E-state index in [9.17, 15) is 0 Å². The summed E-state index contributed by atoms with van der Waals surface area (Å²) in [5.41, 5.74) is 5.81. The second kappa shape index (κ2) is 5.95. The number of aliphatic imine (C=N–C) groups is 1. The Morgan fingerprint density at radius 2 is 2.07 bits per heavy atom. The van der Waals surface area contributed by atoms with Gasteiger partial charge in [0.1, 0.15) is 0 Å². The van der Waals surface area contributed by atoms with Crippen LogP contribution in [0, 0.1) is 5.92 Å². The molecular formula is C11H24N4. The fourth-order valence-electron chi connectivity index (χ4n) is 1.69. The van der Waals surface area contributed by atoms with Gasteiger partial charge in [-0.2, -0.15) is 0 Å². The third kappa shape index (κ3) is 5.02. The van der Waals surface area contributed by atoms with Gasteiger partial charge in [-0.3, -0.25) is 4.99 Å². The van der Waals surface area contributed by atoms with E-state index in [1.165, 1.54) is 0 Å². The highest BCUT2D eigenvalue weighted by atomic mass is 15.2. The number of piperidine rings is 1. The van der Waals surface area contributed by atoms with Crippen LogP contribution < -0.4 is 11.1 Å². The van der Waals surface area contributed by atoms with E-state index in [-0.39, 0.29) is 0 Å². The fraction of sp³-hybridized carbons (Fsp3) is 0.909. The average molecular weight is 212 g/mol. The van der Waals surface area contributed by atoms with E-state index in [1.54, 1.807) is 0 Å². The van der Waals surface area contributed by atoms with E-state index < -0.39 is 0 Å². The van der Waals surface area contributed by atoms with E-state index >= 15 is 0 Å². The molecule has 4 nitrogen and oxygen atoms in total. The summed E-state index contributed by atoms with van der Waals surface area (Å²) in [7, 11) is 2.16. The number of guanidine groups is 1. The molecule has 3 N–H and O–H groups in total. The number of rotatable bonds is 3. The van der Waals surface area contributed by atoms with Gasteiger partial charge in [-0.15, -0.1) is 0 Å². The lowest BCUT2D eigenvalue weighted by atomic mass is 10.1. The Balaban J connectivity index is 2.25. The summed E-state index contributed by atoms with van der Waals surface area (Å²) >= 11 is 0. The minimum absolute atomic E-state index is 0.511. The SMILES string of the molecule is CC(C)CN=C(N)NC1CCN(C)CC1. The van der Waals surface area contributed by atoms with Crippen molar-refractivity contribution in [3.8, 4) is 0 Å². The van der Waals surface area contributed by atoms with Crippen molar-refractivity contribution in [3.05, 3.63) is 0 Å². The lowest BCUT2D eigenvalue weighted by molar-refractivity contribution is 0.246. The van der Waals surface area contributed by atoms with Crippen molar-refractivity contribution >= 4 is 5.96 Å². The molecule has 4 heteroatoms. The van der Waals surface area contributed by atoms with Crippen LogP contribution in [-0.2, 0) is 0 Å². The summed E-state index contributed by atoms with van der Waals surface area (Å²) < 4.78 is 0. The smallest absolute Gasteiger partial charge is 0.188 e. The largest absolute Gasteiger partial charge is 0.370 e. The first-order valence-electron chi connectivity index (χ1n) is 5.83. The first kappa shape index (κ1) is 12.3. The quantitative estimate of drug-likeness (QED) is 0.533. The highest BCUT2D eigenvalue weighted by molar-refractivity contribution is 5.78. The molecule has 0 saturated carbocycles. The third-order valence-electron chi connectivity index (χ3n) is 2.70. The first-order chi connectivity index (χ1) is 7.08. The number of nitrogens with two attached hydrogens (primary N) is 1. The highest BCUT2D eigenvalue weighted by Gasteiger charge is 2.16. The molecule has 0 unspecified atom stereocenters. The van der Waals surface area contributed by atoms with Gasteiger partial charge in [0, 0.05) is 12.6 Å². The molecule has 0 aromatic heterocycles. The standard InChI is InChI=1S/C11H24N4/c1-9(2)8-13-11(12)14-10-4-6-15(3)7-5-10/h9-10H,4-8H2,1-3H3,(H3,12,13,14). The number of hydrogen-bond acceptors (Lipinski definition) is 2. The van der Waals surface area contributed by atoms with Crippen LogP contribution >= 0.6 is 0 Å². The van der Waals surface area contributed by atoms with Gasteiger partial charge in [0.05, 0.1) is 0 Å². The van der Waals surface area contributed by atoms with E-state index in [4.69, 9.17) is 5.73 Å². The van der Waals surface area contributed by atoms with Crippen molar-refractivity contribution in [3.63, 3.8) is 0 Å². The average Bonchev–Trinajstić information content (AvgIpc) is 2.19. The Labute approximate surface area is 92.9 Å². The Kier molecular flexibility index (Phi) is 4.88. The molecule has 1 aliphatic heterocycles. The van der Waals surface area contributed by atoms with Gasteiger partial charge in [0.25, 0.3) is 0 Å². The molecule has 1 fully saturated rings. The second-order valence-electron chi connectivity index (χ2n) is 4.84. The van der Waals surface area contributed by atoms with Gasteiger partial charge in [-0.1, -0.05) is 13.8 Å². The number of nitrogens with one attached hydrogen (secondary N) is 1. The Morgan fingerprint density at radius 1 is 1.47 bits per heavy atom. The zero-order valence-electron chi connectivity index (χ0n) is 10.2. The van der Waals surface area contributed by atoms with Gasteiger partial charge in [-0.25, -0.2) is 0 Å². The van der Waals surface area contributed by atoms with Crippen LogP contribution in [0.15, 0.2) is 4.99 Å². The van der Waals surface area contributed by atoms with Crippen LogP contribution in [0.25, 0.3) is 0 Å². The summed E-state index contributed by atoms with van der Waals surface area (Å²) in [5, 5.41) is 3.30. The molecule has 1 aliphatic rings. The van der Waals surface area contributed by atoms with Crippen molar-refractivity contribution in [2.75, 3.05) is 26.7 Å². The topological polar surface area (TPSA) is 53.6 Å². The van der Waals surface area contributed by atoms with E-state index in [2.05, 4.69) is 36.1 Å². The lowest BCUT2D eigenvalue weighted by Gasteiger charge is -2.29. The van der Waals surface area contributed by atoms with Gasteiger partial charge in [0.15, 0.2) is 5.96 Å². The molecule has 0 aliphatic carbocycles. The highest BCUT2D eigenvalue weighted by Crippen LogP contribution is 2.07. The van der Waals surface area contributed by atoms with E-state index in [0.717, 1.165) is 32.5 Å². The Hall–Kier alpha value is -0.770. The zero-order valence-corrected chi connectivity index (χ0v) is 10.2. The molecule has 1 rings (SSSR count). The summed E-state index contributed by atoms with van der Waals surface area (Å²) in [4.78, 5) is 6.65. The van der Waals surface area contributed by atoms with Crippen LogP contribution in [0.2, 0.25) is 0 Å². The summed E-state index contributed by atoms with van der Waals surface area (Å²) in [6, 6.07) is 0.511. The van der Waals surface area contributed by atoms with Crippen molar-refractivity contribution in [2.45, 2.75) is 32.7 Å². The molecule has 0 spiro atoms. The maximum atomic E-state index is 5.81. The molecule has 0 radical (unpaired) electrons. The molecule has 15 heavy (non-hydrogen) atoms. The number of hydrogen-bond donors (Lipinski definition) is 2. The van der Waals surface area contributed by atoms with Gasteiger partial charge >= 0.3 is 0 Å². The van der Waals surface area contributed by atoms with Crippen LogP contribution in [-0.4, -0.2) is 43.6 Å². The van der Waals surface area contributed by atoms with Crippen LogP contribution in [0.1, 0.15) is 26.7 Å². The van der Waals surface area contributed by atoms with Gasteiger partial charge in [-0.05, 0) is 38.9 Å². The molecule has 0 amide bonds. The van der Waals surface area contributed by atoms with Crippen molar-refractivity contribution in [1.82, 2.24) is 10.2 Å². The summed E-state index contributed by atoms with van der Waals surface area (Å²) in [5.74, 6) is 1.18. The van der Waals surface area contributed by atoms with Crippen LogP contribution in [0.4, 0.5) is 0 Å². The normalized spacial score (nSPS) is 20.9. The first-order valence-corrected chi connectivity index (χ1v) is 5.83. The van der Waals surface area contributed by atoms with Crippen molar-refractivity contribution in [1.29, 1.82) is 0 Å². The van der Waals surface area contributed by atoms with Gasteiger partial charge in [0.2, 0.25) is 0 Å². The fourth-order valence-corrected chi connectivity index (χ4v) is 1.69. The van der Waals surface area contributed by atoms with E-state index in [1.807, 2.05) is 0 Å². The summed E-state index contributed by atoms with van der Waals surface area (Å²) in [6.45, 7) is 7.40. The minimum Gasteiger partial charge on any atom is -0.370 e. The Bertz CT molecular complexity index is 205. The molecule has 0 atom stereocenters. The zero-order chi connectivity index (χ0) is 11.3. The van der Waals surface area contributed by atoms with Gasteiger partial charge < -0.3 is 16.0 Å². The van der Waals surface area contributed by atoms with Crippen LogP contribution in [0.5, 0.6) is 0 Å². The molecule has 0 aromatic carbocycles. The van der Waals surface area contributed by atoms with E-state index in [0.29, 0.717) is 17.9 Å². The Morgan fingerprint density at radius 3 is 2.60 bits per heavy atom. The minimum atomic E-state index is 0.511. The lowest BCUT2D eigenvalue weighted by Crippen LogP contribution is -2.46. The maximum absolute atomic E-state index is 5.81. The molecule has 1 saturated heterocycles. The van der Waals surface area contributed by atoms with Crippen molar-refractivity contribution < 1.29 is 0 Å². The number of nitrogens with zero attached hydrogens (tertiary/aromatic N) is 2. The third-order valence-corrected chi connectivity index (χ3v) is 2.70. The molecular weight excluding hydrogens is 188 g/mol.